The zero-order valence-electron chi connectivity index (χ0n) is 8.62. The second-order valence-corrected chi connectivity index (χ2v) is 3.89. The van der Waals surface area contributed by atoms with Crippen LogP contribution >= 0.6 is 0 Å². The van der Waals surface area contributed by atoms with Crippen LogP contribution in [0.2, 0.25) is 0 Å². The molecule has 0 aromatic heterocycles. The molecule has 0 fully saturated rings. The fourth-order valence-corrected chi connectivity index (χ4v) is 2.18. The lowest BCUT2D eigenvalue weighted by Gasteiger charge is -2.05. The standard InChI is InChI=1S/C15H11/c1-11-5-4-7-13-10-9-12-6-2-3-8-14(12)15(11)13/h2-3,5-10H,1H3. The highest BCUT2D eigenvalue weighted by molar-refractivity contribution is 6.08. The van der Waals surface area contributed by atoms with Crippen molar-refractivity contribution < 1.29 is 0 Å². The monoisotopic (exact) mass is 191 g/mol. The van der Waals surface area contributed by atoms with Crippen molar-refractivity contribution in [3.05, 3.63) is 60.2 Å². The molecule has 0 aliphatic heterocycles. The summed E-state index contributed by atoms with van der Waals surface area (Å²) in [6.45, 7) is 2.14. The molecular weight excluding hydrogens is 180 g/mol. The molecule has 0 heteroatoms. The summed E-state index contributed by atoms with van der Waals surface area (Å²) in [6, 6.07) is 20.1. The van der Waals surface area contributed by atoms with Crippen LogP contribution in [0, 0.1) is 13.0 Å². The van der Waals surface area contributed by atoms with Crippen molar-refractivity contribution in [1.29, 1.82) is 0 Å². The van der Waals surface area contributed by atoms with Gasteiger partial charge in [-0.1, -0.05) is 42.5 Å². The maximum absolute atomic E-state index is 3.17. The van der Waals surface area contributed by atoms with E-state index in [1.165, 1.54) is 27.1 Å². The Labute approximate surface area is 89.2 Å². The van der Waals surface area contributed by atoms with Gasteiger partial charge in [-0.05, 0) is 46.2 Å². The Hall–Kier alpha value is -1.82. The Morgan fingerprint density at radius 3 is 2.60 bits per heavy atom. The average molecular weight is 191 g/mol. The first-order chi connectivity index (χ1) is 7.36. The van der Waals surface area contributed by atoms with Crippen LogP contribution in [0.1, 0.15) is 5.56 Å². The predicted octanol–water partition coefficient (Wildman–Crippen LogP) is 4.10. The summed E-state index contributed by atoms with van der Waals surface area (Å²) in [7, 11) is 0. The first-order valence-corrected chi connectivity index (χ1v) is 5.14. The van der Waals surface area contributed by atoms with Crippen molar-refractivity contribution in [3.8, 4) is 0 Å². The van der Waals surface area contributed by atoms with E-state index in [1.54, 1.807) is 0 Å². The van der Waals surface area contributed by atoms with Gasteiger partial charge in [-0.2, -0.15) is 0 Å². The normalized spacial score (nSPS) is 11.0. The Balaban J connectivity index is 2.64. The predicted molar refractivity (Wildman–Crippen MR) is 65.0 cm³/mol. The summed E-state index contributed by atoms with van der Waals surface area (Å²) in [6.07, 6.45) is 0. The summed E-state index contributed by atoms with van der Waals surface area (Å²) in [5, 5.41) is 5.27. The van der Waals surface area contributed by atoms with Crippen molar-refractivity contribution in [3.63, 3.8) is 0 Å². The van der Waals surface area contributed by atoms with Crippen molar-refractivity contribution in [1.82, 2.24) is 0 Å². The largest absolute Gasteiger partial charge is 0.0616 e. The van der Waals surface area contributed by atoms with Crippen molar-refractivity contribution in [2.45, 2.75) is 6.92 Å². The molecule has 0 aliphatic carbocycles. The highest BCUT2D eigenvalue weighted by Gasteiger charge is 2.01. The topological polar surface area (TPSA) is 0 Å². The van der Waals surface area contributed by atoms with E-state index in [0.29, 0.717) is 0 Å². The highest BCUT2D eigenvalue weighted by Crippen LogP contribution is 2.27. The summed E-state index contributed by atoms with van der Waals surface area (Å²) in [5.41, 5.74) is 1.30. The molecule has 1 radical (unpaired) electrons. The van der Waals surface area contributed by atoms with Gasteiger partial charge in [-0.15, -0.1) is 0 Å². The number of aryl methyl sites for hydroxylation is 1. The molecule has 0 bridgehead atoms. The summed E-state index contributed by atoms with van der Waals surface area (Å²) in [5.74, 6) is 0. The third kappa shape index (κ3) is 1.22. The maximum Gasteiger partial charge on any atom is -0.00757 e. The quantitative estimate of drug-likeness (QED) is 0.469. The van der Waals surface area contributed by atoms with Crippen molar-refractivity contribution in [2.24, 2.45) is 0 Å². The fraction of sp³-hybridized carbons (Fsp3) is 0.0667. The van der Waals surface area contributed by atoms with E-state index < -0.39 is 0 Å². The Morgan fingerprint density at radius 1 is 0.867 bits per heavy atom. The lowest BCUT2D eigenvalue weighted by molar-refractivity contribution is 1.54. The highest BCUT2D eigenvalue weighted by atomic mass is 14.0. The molecule has 0 spiro atoms. The number of fused-ring (bicyclic) bond motifs is 3. The van der Waals surface area contributed by atoms with Gasteiger partial charge in [-0.25, -0.2) is 0 Å². The molecule has 3 aromatic carbocycles. The molecule has 0 saturated carbocycles. The van der Waals surface area contributed by atoms with E-state index in [2.05, 4.69) is 61.5 Å². The lowest BCUT2D eigenvalue weighted by atomic mass is 9.99. The number of benzene rings is 3. The molecule has 0 amide bonds. The molecule has 0 heterocycles. The van der Waals surface area contributed by atoms with Gasteiger partial charge in [0.1, 0.15) is 0 Å². The van der Waals surface area contributed by atoms with Gasteiger partial charge in [0.05, 0.1) is 0 Å². The van der Waals surface area contributed by atoms with Crippen LogP contribution in [0.25, 0.3) is 21.5 Å². The lowest BCUT2D eigenvalue weighted by Crippen LogP contribution is -1.81. The zero-order valence-corrected chi connectivity index (χ0v) is 8.62. The molecule has 0 atom stereocenters. The molecule has 0 aliphatic rings. The van der Waals surface area contributed by atoms with E-state index in [-0.39, 0.29) is 0 Å². The van der Waals surface area contributed by atoms with Crippen LogP contribution < -0.4 is 0 Å². The van der Waals surface area contributed by atoms with Crippen molar-refractivity contribution in [2.75, 3.05) is 0 Å². The second kappa shape index (κ2) is 3.09. The molecule has 3 rings (SSSR count). The van der Waals surface area contributed by atoms with Gasteiger partial charge in [0.25, 0.3) is 0 Å². The molecule has 0 unspecified atom stereocenters. The van der Waals surface area contributed by atoms with Crippen LogP contribution in [-0.2, 0) is 0 Å². The van der Waals surface area contributed by atoms with Gasteiger partial charge in [0.15, 0.2) is 0 Å². The van der Waals surface area contributed by atoms with Crippen LogP contribution in [0.5, 0.6) is 0 Å². The van der Waals surface area contributed by atoms with E-state index in [4.69, 9.17) is 0 Å². The Morgan fingerprint density at radius 2 is 1.67 bits per heavy atom. The summed E-state index contributed by atoms with van der Waals surface area (Å²) in [4.78, 5) is 0. The minimum absolute atomic E-state index is 1.27. The van der Waals surface area contributed by atoms with Gasteiger partial charge >= 0.3 is 0 Å². The van der Waals surface area contributed by atoms with E-state index in [9.17, 15) is 0 Å². The minimum Gasteiger partial charge on any atom is -0.0616 e. The number of rotatable bonds is 0. The molecule has 71 valence electrons. The maximum atomic E-state index is 3.17. The Kier molecular flexibility index (Phi) is 1.75. The van der Waals surface area contributed by atoms with Crippen LogP contribution in [-0.4, -0.2) is 0 Å². The Bertz CT molecular complexity index is 636. The fourth-order valence-electron chi connectivity index (χ4n) is 2.18. The van der Waals surface area contributed by atoms with Gasteiger partial charge in [0.2, 0.25) is 0 Å². The SMILES string of the molecule is Cc1c[c]cc2ccc3ccccc3c12. The van der Waals surface area contributed by atoms with Crippen LogP contribution in [0.4, 0.5) is 0 Å². The summed E-state index contributed by atoms with van der Waals surface area (Å²) >= 11 is 0. The van der Waals surface area contributed by atoms with Crippen LogP contribution in [0.3, 0.4) is 0 Å². The average Bonchev–Trinajstić information content (AvgIpc) is 2.29. The summed E-state index contributed by atoms with van der Waals surface area (Å²) < 4.78 is 0. The minimum atomic E-state index is 1.27. The van der Waals surface area contributed by atoms with Crippen molar-refractivity contribution >= 4 is 21.5 Å². The second-order valence-electron chi connectivity index (χ2n) is 3.89. The van der Waals surface area contributed by atoms with Gasteiger partial charge < -0.3 is 0 Å². The third-order valence-electron chi connectivity index (χ3n) is 2.89. The molecule has 0 nitrogen and oxygen atoms in total. The van der Waals surface area contributed by atoms with E-state index in [1.807, 2.05) is 0 Å². The molecular formula is C15H11. The molecule has 3 aromatic rings. The third-order valence-corrected chi connectivity index (χ3v) is 2.89. The first-order valence-electron chi connectivity index (χ1n) is 5.14. The number of hydrogen-bond acceptors (Lipinski definition) is 0. The van der Waals surface area contributed by atoms with E-state index >= 15 is 0 Å². The van der Waals surface area contributed by atoms with Gasteiger partial charge in [-0.3, -0.25) is 0 Å². The zero-order chi connectivity index (χ0) is 10.3. The molecule has 0 N–H and O–H groups in total. The number of hydrogen-bond donors (Lipinski definition) is 0. The molecule has 0 saturated heterocycles. The first kappa shape index (κ1) is 8.49. The van der Waals surface area contributed by atoms with Gasteiger partial charge in [0, 0.05) is 0 Å². The molecule has 15 heavy (non-hydrogen) atoms. The van der Waals surface area contributed by atoms with Crippen LogP contribution in [0.15, 0.2) is 48.5 Å². The van der Waals surface area contributed by atoms with E-state index in [0.717, 1.165) is 0 Å². The smallest absolute Gasteiger partial charge is 0.00757 e.